The SMILES string of the molecule is CC(C)n1nc(CCC(=O)O)c(=O)n(-c2ccc(F)cc2)c1=O. The van der Waals surface area contributed by atoms with Crippen LogP contribution >= 0.6 is 0 Å². The molecular formula is C15H16FN3O4. The van der Waals surface area contributed by atoms with Crippen molar-refractivity contribution in [3.63, 3.8) is 0 Å². The number of benzene rings is 1. The first-order chi connectivity index (χ1) is 10.8. The van der Waals surface area contributed by atoms with Crippen LogP contribution in [0.25, 0.3) is 5.69 Å². The predicted octanol–water partition coefficient (Wildman–Crippen LogP) is 1.13. The van der Waals surface area contributed by atoms with E-state index in [0.717, 1.165) is 21.4 Å². The molecule has 0 fully saturated rings. The molecule has 0 unspecified atom stereocenters. The van der Waals surface area contributed by atoms with Gasteiger partial charge in [-0.25, -0.2) is 18.4 Å². The summed E-state index contributed by atoms with van der Waals surface area (Å²) in [6.45, 7) is 3.43. The minimum Gasteiger partial charge on any atom is -0.481 e. The minimum atomic E-state index is -1.07. The molecule has 0 saturated carbocycles. The summed E-state index contributed by atoms with van der Waals surface area (Å²) in [5.74, 6) is -1.56. The fourth-order valence-corrected chi connectivity index (χ4v) is 2.07. The Kier molecular flexibility index (Phi) is 4.73. The van der Waals surface area contributed by atoms with E-state index >= 15 is 0 Å². The van der Waals surface area contributed by atoms with Gasteiger partial charge < -0.3 is 5.11 Å². The molecule has 0 aliphatic rings. The molecule has 0 bridgehead atoms. The van der Waals surface area contributed by atoms with Crippen molar-refractivity contribution >= 4 is 5.97 Å². The monoisotopic (exact) mass is 321 g/mol. The molecule has 7 nitrogen and oxygen atoms in total. The summed E-state index contributed by atoms with van der Waals surface area (Å²) < 4.78 is 15.0. The van der Waals surface area contributed by atoms with Crippen LogP contribution in [0.5, 0.6) is 0 Å². The first-order valence-corrected chi connectivity index (χ1v) is 7.03. The second kappa shape index (κ2) is 6.55. The molecule has 23 heavy (non-hydrogen) atoms. The van der Waals surface area contributed by atoms with E-state index in [1.807, 2.05) is 0 Å². The Morgan fingerprint density at radius 1 is 1.26 bits per heavy atom. The number of aromatic nitrogens is 3. The predicted molar refractivity (Wildman–Crippen MR) is 80.4 cm³/mol. The van der Waals surface area contributed by atoms with Gasteiger partial charge in [-0.3, -0.25) is 9.59 Å². The van der Waals surface area contributed by atoms with Gasteiger partial charge in [0, 0.05) is 6.42 Å². The van der Waals surface area contributed by atoms with Gasteiger partial charge in [0.25, 0.3) is 5.56 Å². The van der Waals surface area contributed by atoms with Gasteiger partial charge in [0.1, 0.15) is 11.5 Å². The van der Waals surface area contributed by atoms with E-state index in [2.05, 4.69) is 5.10 Å². The van der Waals surface area contributed by atoms with Crippen molar-refractivity contribution in [2.45, 2.75) is 32.7 Å². The second-order valence-corrected chi connectivity index (χ2v) is 5.28. The molecule has 0 saturated heterocycles. The number of hydrogen-bond acceptors (Lipinski definition) is 4. The fraction of sp³-hybridized carbons (Fsp3) is 0.333. The van der Waals surface area contributed by atoms with Gasteiger partial charge in [-0.2, -0.15) is 5.10 Å². The number of nitrogens with zero attached hydrogens (tertiary/aromatic N) is 3. The summed E-state index contributed by atoms with van der Waals surface area (Å²) in [7, 11) is 0. The van der Waals surface area contributed by atoms with Gasteiger partial charge in [0.2, 0.25) is 0 Å². The Hall–Kier alpha value is -2.77. The van der Waals surface area contributed by atoms with Crippen LogP contribution in [0.1, 0.15) is 32.0 Å². The van der Waals surface area contributed by atoms with E-state index in [9.17, 15) is 18.8 Å². The number of carboxylic acids is 1. The molecule has 122 valence electrons. The van der Waals surface area contributed by atoms with Crippen LogP contribution in [-0.2, 0) is 11.2 Å². The molecule has 2 rings (SSSR count). The lowest BCUT2D eigenvalue weighted by Crippen LogP contribution is -2.43. The highest BCUT2D eigenvalue weighted by atomic mass is 19.1. The fourth-order valence-electron chi connectivity index (χ4n) is 2.07. The first kappa shape index (κ1) is 16.6. The summed E-state index contributed by atoms with van der Waals surface area (Å²) in [4.78, 5) is 35.6. The lowest BCUT2D eigenvalue weighted by atomic mass is 10.2. The van der Waals surface area contributed by atoms with E-state index < -0.39 is 23.0 Å². The van der Waals surface area contributed by atoms with Crippen LogP contribution in [0, 0.1) is 5.82 Å². The normalized spacial score (nSPS) is 11.0. The van der Waals surface area contributed by atoms with Gasteiger partial charge in [0.05, 0.1) is 18.2 Å². The quantitative estimate of drug-likeness (QED) is 0.891. The maximum Gasteiger partial charge on any atom is 0.352 e. The number of carbonyl (C=O) groups is 1. The Balaban J connectivity index is 2.68. The molecule has 0 amide bonds. The van der Waals surface area contributed by atoms with Crippen molar-refractivity contribution in [1.29, 1.82) is 0 Å². The number of carboxylic acid groups (broad SMARTS) is 1. The van der Waals surface area contributed by atoms with E-state index in [-0.39, 0.29) is 30.3 Å². The number of rotatable bonds is 5. The van der Waals surface area contributed by atoms with Crippen molar-refractivity contribution in [1.82, 2.24) is 14.3 Å². The first-order valence-electron chi connectivity index (χ1n) is 7.03. The lowest BCUT2D eigenvalue weighted by Gasteiger charge is -2.14. The Morgan fingerprint density at radius 2 is 1.87 bits per heavy atom. The van der Waals surface area contributed by atoms with Crippen LogP contribution in [0.4, 0.5) is 4.39 Å². The standard InChI is InChI=1S/C15H16FN3O4/c1-9(2)19-15(23)18(11-5-3-10(16)4-6-11)14(22)12(17-19)7-8-13(20)21/h3-6,9H,7-8H2,1-2H3,(H,20,21). The van der Waals surface area contributed by atoms with E-state index in [4.69, 9.17) is 5.11 Å². The van der Waals surface area contributed by atoms with Crippen LogP contribution in [-0.4, -0.2) is 25.4 Å². The average molecular weight is 321 g/mol. The zero-order chi connectivity index (χ0) is 17.1. The topological polar surface area (TPSA) is 94.2 Å². The summed E-state index contributed by atoms with van der Waals surface area (Å²) in [5, 5.41) is 12.7. The van der Waals surface area contributed by atoms with Gasteiger partial charge in [-0.05, 0) is 38.1 Å². The Morgan fingerprint density at radius 3 is 2.39 bits per heavy atom. The zero-order valence-corrected chi connectivity index (χ0v) is 12.7. The van der Waals surface area contributed by atoms with E-state index in [1.165, 1.54) is 12.1 Å². The summed E-state index contributed by atoms with van der Waals surface area (Å²) in [6, 6.07) is 4.57. The number of halogens is 1. The van der Waals surface area contributed by atoms with Gasteiger partial charge in [-0.15, -0.1) is 0 Å². The maximum absolute atomic E-state index is 13.1. The largest absolute Gasteiger partial charge is 0.481 e. The van der Waals surface area contributed by atoms with E-state index in [1.54, 1.807) is 13.8 Å². The maximum atomic E-state index is 13.1. The second-order valence-electron chi connectivity index (χ2n) is 5.28. The van der Waals surface area contributed by atoms with Crippen LogP contribution < -0.4 is 11.2 Å². The average Bonchev–Trinajstić information content (AvgIpc) is 2.48. The third kappa shape index (κ3) is 3.53. The van der Waals surface area contributed by atoms with Gasteiger partial charge in [0.15, 0.2) is 0 Å². The Labute approximate surface area is 130 Å². The van der Waals surface area contributed by atoms with Crippen LogP contribution in [0.3, 0.4) is 0 Å². The van der Waals surface area contributed by atoms with Crippen LogP contribution in [0.15, 0.2) is 33.9 Å². The minimum absolute atomic E-state index is 0.0231. The lowest BCUT2D eigenvalue weighted by molar-refractivity contribution is -0.136. The van der Waals surface area contributed by atoms with Crippen molar-refractivity contribution in [3.05, 3.63) is 56.6 Å². The molecule has 1 N–H and O–H groups in total. The molecule has 0 aliphatic heterocycles. The number of aliphatic carboxylic acids is 1. The summed E-state index contributed by atoms with van der Waals surface area (Å²) in [5.41, 5.74) is -1.17. The Bertz CT molecular complexity index is 837. The van der Waals surface area contributed by atoms with Crippen LogP contribution in [0.2, 0.25) is 0 Å². The number of aryl methyl sites for hydroxylation is 1. The summed E-state index contributed by atoms with van der Waals surface area (Å²) >= 11 is 0. The number of hydrogen-bond donors (Lipinski definition) is 1. The highest BCUT2D eigenvalue weighted by molar-refractivity contribution is 5.66. The third-order valence-corrected chi connectivity index (χ3v) is 3.22. The van der Waals surface area contributed by atoms with Gasteiger partial charge >= 0.3 is 11.7 Å². The van der Waals surface area contributed by atoms with Crippen molar-refractivity contribution < 1.29 is 14.3 Å². The molecule has 0 atom stereocenters. The van der Waals surface area contributed by atoms with Crippen molar-refractivity contribution in [3.8, 4) is 5.69 Å². The highest BCUT2D eigenvalue weighted by Gasteiger charge is 2.17. The molecule has 1 heterocycles. The molecule has 1 aromatic heterocycles. The highest BCUT2D eigenvalue weighted by Crippen LogP contribution is 2.06. The molecule has 8 heteroatoms. The third-order valence-electron chi connectivity index (χ3n) is 3.22. The van der Waals surface area contributed by atoms with Crippen molar-refractivity contribution in [2.24, 2.45) is 0 Å². The molecular weight excluding hydrogens is 305 g/mol. The smallest absolute Gasteiger partial charge is 0.352 e. The zero-order valence-electron chi connectivity index (χ0n) is 12.7. The molecule has 0 radical (unpaired) electrons. The molecule has 2 aromatic rings. The molecule has 0 aliphatic carbocycles. The van der Waals surface area contributed by atoms with Crippen molar-refractivity contribution in [2.75, 3.05) is 0 Å². The summed E-state index contributed by atoms with van der Waals surface area (Å²) in [6.07, 6.45) is -0.371. The molecule has 0 spiro atoms. The van der Waals surface area contributed by atoms with E-state index in [0.29, 0.717) is 0 Å². The van der Waals surface area contributed by atoms with Gasteiger partial charge in [-0.1, -0.05) is 0 Å². The molecule has 1 aromatic carbocycles.